The second-order valence-corrected chi connectivity index (χ2v) is 8.96. The van der Waals surface area contributed by atoms with Gasteiger partial charge in [-0.1, -0.05) is 35.3 Å². The number of rotatable bonds is 8. The quantitative estimate of drug-likeness (QED) is 0.352. The Kier molecular flexibility index (Phi) is 7.24. The summed E-state index contributed by atoms with van der Waals surface area (Å²) in [4.78, 5) is 19.9. The van der Waals surface area contributed by atoms with E-state index in [1.54, 1.807) is 30.3 Å². The molecule has 0 unspecified atom stereocenters. The minimum absolute atomic E-state index is 0.103. The van der Waals surface area contributed by atoms with Crippen LogP contribution in [0.5, 0.6) is 5.75 Å². The number of fused-ring (bicyclic) bond motifs is 1. The number of imidazole rings is 1. The molecule has 10 heteroatoms. The summed E-state index contributed by atoms with van der Waals surface area (Å²) in [5.41, 5.74) is 1.78. The highest BCUT2D eigenvalue weighted by atomic mass is 35.5. The van der Waals surface area contributed by atoms with Crippen molar-refractivity contribution in [1.29, 1.82) is 0 Å². The summed E-state index contributed by atoms with van der Waals surface area (Å²) in [7, 11) is 0. The molecule has 1 aliphatic heterocycles. The summed E-state index contributed by atoms with van der Waals surface area (Å²) in [6, 6.07) is 16.1. The first-order chi connectivity index (χ1) is 17.1. The van der Waals surface area contributed by atoms with E-state index in [9.17, 15) is 4.79 Å². The van der Waals surface area contributed by atoms with Gasteiger partial charge in [0.05, 0.1) is 29.3 Å². The number of nitrogens with zero attached hydrogens (tertiary/aromatic N) is 3. The molecule has 0 saturated carbocycles. The van der Waals surface area contributed by atoms with Gasteiger partial charge in [0.1, 0.15) is 18.1 Å². The number of carbonyl (C=O) groups is 1. The van der Waals surface area contributed by atoms with Crippen molar-refractivity contribution in [3.8, 4) is 5.75 Å². The van der Waals surface area contributed by atoms with Gasteiger partial charge in [0, 0.05) is 37.3 Å². The number of benzene rings is 2. The SMILES string of the molecule is O=C(Nc1nc2ccccc2n1CCN1CCOCC1)c1ccc(COc2cc(Cl)ccc2Cl)o1. The van der Waals surface area contributed by atoms with Gasteiger partial charge in [-0.05, 0) is 36.4 Å². The highest BCUT2D eigenvalue weighted by Crippen LogP contribution is 2.28. The van der Waals surface area contributed by atoms with Crippen LogP contribution < -0.4 is 10.1 Å². The number of anilines is 1. The molecular weight excluding hydrogens is 491 g/mol. The minimum atomic E-state index is -0.389. The minimum Gasteiger partial charge on any atom is -0.484 e. The average molecular weight is 515 g/mol. The van der Waals surface area contributed by atoms with Crippen LogP contribution in [-0.2, 0) is 17.9 Å². The number of carbonyl (C=O) groups excluding carboxylic acids is 1. The molecule has 2 aromatic carbocycles. The van der Waals surface area contributed by atoms with Crippen LogP contribution in [0.3, 0.4) is 0 Å². The van der Waals surface area contributed by atoms with Crippen molar-refractivity contribution in [3.05, 3.63) is 76.2 Å². The third-order valence-corrected chi connectivity index (χ3v) is 6.32. The van der Waals surface area contributed by atoms with Crippen LogP contribution in [-0.4, -0.2) is 53.2 Å². The zero-order valence-corrected chi connectivity index (χ0v) is 20.4. The molecule has 1 amide bonds. The Morgan fingerprint density at radius 2 is 1.89 bits per heavy atom. The number of hydrogen-bond acceptors (Lipinski definition) is 6. The number of morpholine rings is 1. The Morgan fingerprint density at radius 1 is 1.06 bits per heavy atom. The molecule has 1 saturated heterocycles. The summed E-state index contributed by atoms with van der Waals surface area (Å²) in [6.07, 6.45) is 0. The maximum Gasteiger partial charge on any atom is 0.293 e. The van der Waals surface area contributed by atoms with Gasteiger partial charge in [0.2, 0.25) is 5.95 Å². The normalized spacial score (nSPS) is 14.3. The zero-order chi connectivity index (χ0) is 24.2. The van der Waals surface area contributed by atoms with Gasteiger partial charge in [-0.2, -0.15) is 0 Å². The fraction of sp³-hybridized carbons (Fsp3) is 0.280. The second kappa shape index (κ2) is 10.7. The van der Waals surface area contributed by atoms with Gasteiger partial charge in [0.15, 0.2) is 5.76 Å². The van der Waals surface area contributed by atoms with E-state index in [2.05, 4.69) is 15.2 Å². The number of amides is 1. The van der Waals surface area contributed by atoms with Crippen molar-refractivity contribution < 1.29 is 18.7 Å². The van der Waals surface area contributed by atoms with Crippen molar-refractivity contribution in [2.75, 3.05) is 38.2 Å². The van der Waals surface area contributed by atoms with Crippen LogP contribution in [0.1, 0.15) is 16.3 Å². The van der Waals surface area contributed by atoms with Crippen molar-refractivity contribution in [3.63, 3.8) is 0 Å². The lowest BCUT2D eigenvalue weighted by Gasteiger charge is -2.26. The predicted molar refractivity (Wildman–Crippen MR) is 134 cm³/mol. The maximum atomic E-state index is 13.0. The van der Waals surface area contributed by atoms with Crippen LogP contribution in [0.15, 0.2) is 59.0 Å². The first kappa shape index (κ1) is 23.7. The van der Waals surface area contributed by atoms with Gasteiger partial charge in [0.25, 0.3) is 5.91 Å². The molecule has 2 aromatic heterocycles. The van der Waals surface area contributed by atoms with E-state index in [-0.39, 0.29) is 18.3 Å². The van der Waals surface area contributed by atoms with E-state index in [0.29, 0.717) is 34.0 Å². The molecule has 3 heterocycles. The third kappa shape index (κ3) is 5.62. The maximum absolute atomic E-state index is 13.0. The molecule has 8 nitrogen and oxygen atoms in total. The van der Waals surface area contributed by atoms with Crippen molar-refractivity contribution in [1.82, 2.24) is 14.5 Å². The largest absolute Gasteiger partial charge is 0.484 e. The Bertz CT molecular complexity index is 1330. The van der Waals surface area contributed by atoms with Gasteiger partial charge in [-0.3, -0.25) is 15.0 Å². The zero-order valence-electron chi connectivity index (χ0n) is 18.9. The number of hydrogen-bond donors (Lipinski definition) is 1. The molecule has 1 N–H and O–H groups in total. The Morgan fingerprint density at radius 3 is 2.74 bits per heavy atom. The van der Waals surface area contributed by atoms with Crippen LogP contribution in [0.25, 0.3) is 11.0 Å². The number of ether oxygens (including phenoxy) is 2. The number of furan rings is 1. The highest BCUT2D eigenvalue weighted by Gasteiger charge is 2.18. The Labute approximate surface area is 212 Å². The van der Waals surface area contributed by atoms with E-state index in [1.165, 1.54) is 0 Å². The average Bonchev–Trinajstić information content (AvgIpc) is 3.48. The second-order valence-electron chi connectivity index (χ2n) is 8.11. The number of nitrogens with one attached hydrogen (secondary N) is 1. The molecule has 0 atom stereocenters. The van der Waals surface area contributed by atoms with Crippen LogP contribution in [0.2, 0.25) is 10.0 Å². The lowest BCUT2D eigenvalue weighted by molar-refractivity contribution is 0.0366. The molecule has 182 valence electrons. The van der Waals surface area contributed by atoms with Crippen LogP contribution in [0.4, 0.5) is 5.95 Å². The molecule has 5 rings (SSSR count). The topological polar surface area (TPSA) is 81.8 Å². The molecule has 0 bridgehead atoms. The summed E-state index contributed by atoms with van der Waals surface area (Å²) in [5.74, 6) is 1.17. The molecular formula is C25H24Cl2N4O4. The van der Waals surface area contributed by atoms with Gasteiger partial charge in [-0.25, -0.2) is 4.98 Å². The Balaban J connectivity index is 1.28. The number of halogens is 2. The van der Waals surface area contributed by atoms with Crippen molar-refractivity contribution >= 4 is 46.1 Å². The first-order valence-electron chi connectivity index (χ1n) is 11.3. The van der Waals surface area contributed by atoms with Gasteiger partial charge < -0.3 is 18.5 Å². The smallest absolute Gasteiger partial charge is 0.293 e. The fourth-order valence-corrected chi connectivity index (χ4v) is 4.28. The molecule has 1 fully saturated rings. The lowest BCUT2D eigenvalue weighted by Crippen LogP contribution is -2.38. The predicted octanol–water partition coefficient (Wildman–Crippen LogP) is 5.10. The summed E-state index contributed by atoms with van der Waals surface area (Å²) in [6.45, 7) is 4.89. The lowest BCUT2D eigenvalue weighted by atomic mass is 10.3. The van der Waals surface area contributed by atoms with Gasteiger partial charge >= 0.3 is 0 Å². The fourth-order valence-electron chi connectivity index (χ4n) is 3.94. The van der Waals surface area contributed by atoms with E-state index in [0.717, 1.165) is 43.9 Å². The molecule has 0 aliphatic carbocycles. The van der Waals surface area contributed by atoms with E-state index < -0.39 is 0 Å². The summed E-state index contributed by atoms with van der Waals surface area (Å²) in [5, 5.41) is 3.86. The molecule has 0 spiro atoms. The summed E-state index contributed by atoms with van der Waals surface area (Å²) >= 11 is 12.1. The Hall–Kier alpha value is -3.04. The highest BCUT2D eigenvalue weighted by molar-refractivity contribution is 6.34. The van der Waals surface area contributed by atoms with Crippen LogP contribution >= 0.6 is 23.2 Å². The van der Waals surface area contributed by atoms with E-state index >= 15 is 0 Å². The number of para-hydroxylation sites is 2. The van der Waals surface area contributed by atoms with E-state index in [1.807, 2.05) is 28.8 Å². The first-order valence-corrected chi connectivity index (χ1v) is 12.1. The standard InChI is InChI=1S/C25H24Cl2N4O4/c26-17-5-7-19(27)23(15-17)34-16-18-6-8-22(35-18)24(32)29-25-28-20-3-1-2-4-21(20)31(25)10-9-30-11-13-33-14-12-30/h1-8,15H,9-14,16H2,(H,28,29,32). The van der Waals surface area contributed by atoms with Crippen molar-refractivity contribution in [2.24, 2.45) is 0 Å². The van der Waals surface area contributed by atoms with Crippen LogP contribution in [0, 0.1) is 0 Å². The number of aromatic nitrogens is 2. The van der Waals surface area contributed by atoms with Gasteiger partial charge in [-0.15, -0.1) is 0 Å². The molecule has 35 heavy (non-hydrogen) atoms. The third-order valence-electron chi connectivity index (χ3n) is 5.77. The molecule has 4 aromatic rings. The molecule has 1 aliphatic rings. The van der Waals surface area contributed by atoms with Crippen molar-refractivity contribution in [2.45, 2.75) is 13.2 Å². The molecule has 0 radical (unpaired) electrons. The summed E-state index contributed by atoms with van der Waals surface area (Å²) < 4.78 is 18.9. The van der Waals surface area contributed by atoms with E-state index in [4.69, 9.17) is 37.1 Å². The monoisotopic (exact) mass is 514 g/mol.